The van der Waals surface area contributed by atoms with E-state index in [-0.39, 0.29) is 24.7 Å². The van der Waals surface area contributed by atoms with E-state index in [4.69, 9.17) is 4.74 Å². The quantitative estimate of drug-likeness (QED) is 0.456. The Labute approximate surface area is 167 Å². The summed E-state index contributed by atoms with van der Waals surface area (Å²) in [4.78, 5) is 36.1. The highest BCUT2D eigenvalue weighted by Crippen LogP contribution is 2.13. The standard InChI is InChI=1S/C22H19NO4S/c24-20(14-27-21(25)11-6-16-12-13-28-15-16)17-7-9-19(10-8-17)23-22(26)18-4-2-1-3-5-18/h1-5,7-10,12-13,15H,6,11,14H2,(H,23,26). The summed E-state index contributed by atoms with van der Waals surface area (Å²) in [5.74, 6) is -0.907. The molecule has 1 amide bonds. The highest BCUT2D eigenvalue weighted by Gasteiger charge is 2.11. The molecule has 0 radical (unpaired) electrons. The van der Waals surface area contributed by atoms with Gasteiger partial charge < -0.3 is 10.1 Å². The second-order valence-electron chi connectivity index (χ2n) is 6.11. The number of aryl methyl sites for hydroxylation is 1. The molecule has 2 aromatic carbocycles. The first-order chi connectivity index (χ1) is 13.6. The van der Waals surface area contributed by atoms with Crippen LogP contribution in [0.25, 0.3) is 0 Å². The third-order valence-electron chi connectivity index (χ3n) is 4.06. The van der Waals surface area contributed by atoms with Crippen LogP contribution < -0.4 is 5.32 Å². The topological polar surface area (TPSA) is 72.5 Å². The van der Waals surface area contributed by atoms with E-state index in [0.29, 0.717) is 23.2 Å². The molecule has 28 heavy (non-hydrogen) atoms. The number of rotatable bonds is 8. The van der Waals surface area contributed by atoms with Gasteiger partial charge in [-0.05, 0) is 65.2 Å². The second kappa shape index (κ2) is 9.62. The van der Waals surface area contributed by atoms with Crippen LogP contribution in [0.15, 0.2) is 71.4 Å². The summed E-state index contributed by atoms with van der Waals surface area (Å²) in [5, 5.41) is 6.71. The summed E-state index contributed by atoms with van der Waals surface area (Å²) in [5.41, 5.74) is 2.64. The molecule has 0 atom stereocenters. The number of thiophene rings is 1. The molecule has 0 saturated carbocycles. The number of esters is 1. The number of ether oxygens (including phenoxy) is 1. The number of amides is 1. The van der Waals surface area contributed by atoms with Crippen LogP contribution in [0.2, 0.25) is 0 Å². The Balaban J connectivity index is 1.46. The molecule has 0 aliphatic rings. The molecule has 6 heteroatoms. The maximum absolute atomic E-state index is 12.2. The lowest BCUT2D eigenvalue weighted by Gasteiger charge is -2.07. The van der Waals surface area contributed by atoms with E-state index in [9.17, 15) is 14.4 Å². The summed E-state index contributed by atoms with van der Waals surface area (Å²) < 4.78 is 5.05. The van der Waals surface area contributed by atoms with Crippen molar-refractivity contribution in [2.75, 3.05) is 11.9 Å². The van der Waals surface area contributed by atoms with Gasteiger partial charge in [0.25, 0.3) is 5.91 Å². The monoisotopic (exact) mass is 393 g/mol. The van der Waals surface area contributed by atoms with Crippen molar-refractivity contribution in [3.8, 4) is 0 Å². The maximum atomic E-state index is 12.2. The average molecular weight is 393 g/mol. The van der Waals surface area contributed by atoms with Gasteiger partial charge in [-0.15, -0.1) is 0 Å². The van der Waals surface area contributed by atoms with Crippen molar-refractivity contribution in [2.45, 2.75) is 12.8 Å². The Morgan fingerprint density at radius 1 is 0.893 bits per heavy atom. The van der Waals surface area contributed by atoms with E-state index in [2.05, 4.69) is 5.32 Å². The molecule has 0 aliphatic heterocycles. The molecule has 3 aromatic rings. The third kappa shape index (κ3) is 5.62. The molecule has 1 N–H and O–H groups in total. The fourth-order valence-electron chi connectivity index (χ4n) is 2.52. The van der Waals surface area contributed by atoms with Gasteiger partial charge in [0, 0.05) is 23.2 Å². The van der Waals surface area contributed by atoms with E-state index in [1.807, 2.05) is 22.9 Å². The Bertz CT molecular complexity index is 934. The Kier molecular flexibility index (Phi) is 6.70. The predicted octanol–water partition coefficient (Wildman–Crippen LogP) is 4.36. The summed E-state index contributed by atoms with van der Waals surface area (Å²) >= 11 is 1.58. The van der Waals surface area contributed by atoms with Gasteiger partial charge in [0.2, 0.25) is 0 Å². The van der Waals surface area contributed by atoms with Crippen LogP contribution in [0, 0.1) is 0 Å². The first kappa shape index (κ1) is 19.5. The minimum Gasteiger partial charge on any atom is -0.457 e. The summed E-state index contributed by atoms with van der Waals surface area (Å²) in [6, 6.07) is 17.3. The molecule has 0 bridgehead atoms. The zero-order valence-electron chi connectivity index (χ0n) is 15.1. The normalized spacial score (nSPS) is 10.3. The minimum absolute atomic E-state index is 0.223. The van der Waals surface area contributed by atoms with Gasteiger partial charge in [0.05, 0.1) is 0 Å². The smallest absolute Gasteiger partial charge is 0.306 e. The number of hydrogen-bond donors (Lipinski definition) is 1. The number of nitrogens with one attached hydrogen (secondary N) is 1. The molecule has 0 fully saturated rings. The molecule has 0 spiro atoms. The van der Waals surface area contributed by atoms with Gasteiger partial charge in [-0.3, -0.25) is 14.4 Å². The van der Waals surface area contributed by atoms with Crippen LogP contribution in [-0.2, 0) is 16.0 Å². The SMILES string of the molecule is O=C(CCc1ccsc1)OCC(=O)c1ccc(NC(=O)c2ccccc2)cc1. The molecular weight excluding hydrogens is 374 g/mol. The van der Waals surface area contributed by atoms with Gasteiger partial charge in [0.15, 0.2) is 12.4 Å². The van der Waals surface area contributed by atoms with Crippen LogP contribution in [0.3, 0.4) is 0 Å². The summed E-state index contributed by atoms with van der Waals surface area (Å²) in [6.45, 7) is -0.293. The molecule has 0 aliphatic carbocycles. The van der Waals surface area contributed by atoms with E-state index in [0.717, 1.165) is 5.56 Å². The van der Waals surface area contributed by atoms with Crippen molar-refractivity contribution in [3.63, 3.8) is 0 Å². The molecule has 0 unspecified atom stereocenters. The van der Waals surface area contributed by atoms with Gasteiger partial charge in [0.1, 0.15) is 0 Å². The van der Waals surface area contributed by atoms with Crippen LogP contribution in [0.5, 0.6) is 0 Å². The molecule has 1 heterocycles. The van der Waals surface area contributed by atoms with Crippen molar-refractivity contribution < 1.29 is 19.1 Å². The molecule has 1 aromatic heterocycles. The van der Waals surface area contributed by atoms with Crippen molar-refractivity contribution in [1.29, 1.82) is 0 Å². The predicted molar refractivity (Wildman–Crippen MR) is 109 cm³/mol. The lowest BCUT2D eigenvalue weighted by atomic mass is 10.1. The van der Waals surface area contributed by atoms with Gasteiger partial charge in [-0.25, -0.2) is 0 Å². The van der Waals surface area contributed by atoms with Crippen molar-refractivity contribution in [1.82, 2.24) is 0 Å². The zero-order chi connectivity index (χ0) is 19.8. The van der Waals surface area contributed by atoms with E-state index in [1.165, 1.54) is 0 Å². The van der Waals surface area contributed by atoms with E-state index >= 15 is 0 Å². The fraction of sp³-hybridized carbons (Fsp3) is 0.136. The minimum atomic E-state index is -0.397. The van der Waals surface area contributed by atoms with Crippen LogP contribution in [0.1, 0.15) is 32.7 Å². The number of benzene rings is 2. The van der Waals surface area contributed by atoms with E-state index in [1.54, 1.807) is 59.9 Å². The number of carbonyl (C=O) groups excluding carboxylic acids is 3. The number of Topliss-reactive ketones (excluding diaryl/α,β-unsaturated/α-hetero) is 1. The number of carbonyl (C=O) groups is 3. The Hall–Kier alpha value is -3.25. The Morgan fingerprint density at radius 2 is 1.64 bits per heavy atom. The summed E-state index contributed by atoms with van der Waals surface area (Å²) in [6.07, 6.45) is 0.848. The lowest BCUT2D eigenvalue weighted by Crippen LogP contribution is -2.15. The summed E-state index contributed by atoms with van der Waals surface area (Å²) in [7, 11) is 0. The van der Waals surface area contributed by atoms with Crippen LogP contribution in [-0.4, -0.2) is 24.3 Å². The largest absolute Gasteiger partial charge is 0.457 e. The highest BCUT2D eigenvalue weighted by molar-refractivity contribution is 7.07. The molecular formula is C22H19NO4S. The third-order valence-corrected chi connectivity index (χ3v) is 4.79. The number of hydrogen-bond acceptors (Lipinski definition) is 5. The maximum Gasteiger partial charge on any atom is 0.306 e. The molecule has 0 saturated heterocycles. The van der Waals surface area contributed by atoms with Crippen LogP contribution >= 0.6 is 11.3 Å². The first-order valence-electron chi connectivity index (χ1n) is 8.78. The van der Waals surface area contributed by atoms with Crippen LogP contribution in [0.4, 0.5) is 5.69 Å². The second-order valence-corrected chi connectivity index (χ2v) is 6.89. The zero-order valence-corrected chi connectivity index (χ0v) is 15.9. The fourth-order valence-corrected chi connectivity index (χ4v) is 3.22. The van der Waals surface area contributed by atoms with Crippen molar-refractivity contribution in [2.24, 2.45) is 0 Å². The van der Waals surface area contributed by atoms with Gasteiger partial charge >= 0.3 is 5.97 Å². The first-order valence-corrected chi connectivity index (χ1v) is 9.72. The molecule has 3 rings (SSSR count). The molecule has 142 valence electrons. The van der Waals surface area contributed by atoms with Gasteiger partial charge in [-0.2, -0.15) is 11.3 Å². The van der Waals surface area contributed by atoms with Crippen molar-refractivity contribution in [3.05, 3.63) is 88.1 Å². The lowest BCUT2D eigenvalue weighted by molar-refractivity contribution is -0.142. The highest BCUT2D eigenvalue weighted by atomic mass is 32.1. The van der Waals surface area contributed by atoms with Crippen molar-refractivity contribution >= 4 is 34.7 Å². The number of anilines is 1. The van der Waals surface area contributed by atoms with E-state index < -0.39 is 5.97 Å². The molecule has 5 nitrogen and oxygen atoms in total. The van der Waals surface area contributed by atoms with Gasteiger partial charge in [-0.1, -0.05) is 18.2 Å². The Morgan fingerprint density at radius 3 is 2.32 bits per heavy atom. The average Bonchev–Trinajstić information content (AvgIpc) is 3.25. The number of ketones is 1.